The van der Waals surface area contributed by atoms with E-state index in [-0.39, 0.29) is 35.9 Å². The predicted molar refractivity (Wildman–Crippen MR) is 113 cm³/mol. The van der Waals surface area contributed by atoms with Crippen LogP contribution in [0.15, 0.2) is 76.6 Å². The third-order valence-electron chi connectivity index (χ3n) is 4.03. The highest BCUT2D eigenvalue weighted by atomic mass is 32.2. The molecule has 5 nitrogen and oxygen atoms in total. The Labute approximate surface area is 172 Å². The van der Waals surface area contributed by atoms with Crippen LogP contribution in [0.5, 0.6) is 0 Å². The Bertz CT molecular complexity index is 1370. The van der Waals surface area contributed by atoms with Gasteiger partial charge in [-0.2, -0.15) is 5.10 Å². The van der Waals surface area contributed by atoms with E-state index in [2.05, 4.69) is 20.5 Å². The Balaban J connectivity index is 1.62. The molecule has 0 saturated carbocycles. The quantitative estimate of drug-likeness (QED) is 0.521. The highest BCUT2D eigenvalue weighted by Gasteiger charge is 2.11. The normalized spacial score (nSPS) is 13.2. The Morgan fingerprint density at radius 3 is 3.00 bits per heavy atom. The molecule has 2 heterocycles. The van der Waals surface area contributed by atoms with E-state index < -0.39 is 0 Å². The summed E-state index contributed by atoms with van der Waals surface area (Å²) in [6.07, 6.45) is 2.85. The molecule has 1 amide bonds. The predicted octanol–water partition coefficient (Wildman–Crippen LogP) is 4.64. The van der Waals surface area contributed by atoms with E-state index in [0.29, 0.717) is 11.3 Å². The van der Waals surface area contributed by atoms with Gasteiger partial charge in [0, 0.05) is 28.4 Å². The van der Waals surface area contributed by atoms with Crippen molar-refractivity contribution < 1.29 is 10.3 Å². The SMILES string of the molecule is [2H]c1nc(/C=C/c2n[nH]c3cc(Sc4ccccc4C(=O)NC)ccc23)c([2H])c([2H])c1[2H]. The molecule has 6 heteroatoms. The standard InChI is InChI=1S/C22H18N4OS/c1-23-22(27)18-7-2-3-8-21(18)28-16-10-11-17-19(25-26-20(17)14-16)12-9-15-6-4-5-13-24-15/h2-14H,1H3,(H,23,27)(H,25,26)/b12-9+/i4D,5D,6D,13D. The lowest BCUT2D eigenvalue weighted by molar-refractivity contribution is 0.0960. The van der Waals surface area contributed by atoms with Crippen LogP contribution < -0.4 is 5.32 Å². The van der Waals surface area contributed by atoms with Gasteiger partial charge in [0.1, 0.15) is 0 Å². The van der Waals surface area contributed by atoms with Gasteiger partial charge >= 0.3 is 0 Å². The zero-order valence-electron chi connectivity index (χ0n) is 18.9. The fraction of sp³-hybridized carbons (Fsp3) is 0.0455. The first-order chi connectivity index (χ1) is 15.4. The summed E-state index contributed by atoms with van der Waals surface area (Å²) < 4.78 is 31.0. The van der Waals surface area contributed by atoms with E-state index >= 15 is 0 Å². The molecule has 0 atom stereocenters. The maximum Gasteiger partial charge on any atom is 0.252 e. The van der Waals surface area contributed by atoms with Crippen molar-refractivity contribution in [2.45, 2.75) is 9.79 Å². The van der Waals surface area contributed by atoms with Crippen LogP contribution in [0.1, 0.15) is 27.2 Å². The van der Waals surface area contributed by atoms with E-state index in [0.717, 1.165) is 20.7 Å². The van der Waals surface area contributed by atoms with Crippen molar-refractivity contribution in [3.05, 3.63) is 83.7 Å². The maximum absolute atomic E-state index is 12.1. The first-order valence-electron chi connectivity index (χ1n) is 10.5. The highest BCUT2D eigenvalue weighted by Crippen LogP contribution is 2.32. The monoisotopic (exact) mass is 390 g/mol. The Morgan fingerprint density at radius 2 is 2.11 bits per heavy atom. The second kappa shape index (κ2) is 8.10. The summed E-state index contributed by atoms with van der Waals surface area (Å²) in [5.41, 5.74) is 2.17. The zero-order chi connectivity index (χ0) is 22.8. The van der Waals surface area contributed by atoms with Gasteiger partial charge in [-0.15, -0.1) is 0 Å². The molecule has 2 N–H and O–H groups in total. The van der Waals surface area contributed by atoms with Crippen molar-refractivity contribution >= 4 is 40.7 Å². The largest absolute Gasteiger partial charge is 0.355 e. The molecule has 0 aliphatic carbocycles. The van der Waals surface area contributed by atoms with E-state index in [4.69, 9.17) is 5.48 Å². The second-order valence-corrected chi connectivity index (χ2v) is 6.93. The number of aromatic nitrogens is 3. The van der Waals surface area contributed by atoms with Crippen molar-refractivity contribution in [2.24, 2.45) is 0 Å². The maximum atomic E-state index is 12.1. The van der Waals surface area contributed by atoms with Gasteiger partial charge in [0.2, 0.25) is 0 Å². The molecule has 2 aromatic carbocycles. The average molecular weight is 391 g/mol. The number of carbonyl (C=O) groups excluding carboxylic acids is 1. The molecule has 28 heavy (non-hydrogen) atoms. The Kier molecular flexibility index (Phi) is 3.98. The van der Waals surface area contributed by atoms with Crippen LogP contribution in [0.4, 0.5) is 0 Å². The number of nitrogens with one attached hydrogen (secondary N) is 2. The fourth-order valence-electron chi connectivity index (χ4n) is 2.69. The first kappa shape index (κ1) is 13.7. The molecular weight excluding hydrogens is 368 g/mol. The van der Waals surface area contributed by atoms with Gasteiger partial charge in [0.25, 0.3) is 5.91 Å². The van der Waals surface area contributed by atoms with Gasteiger partial charge in [-0.3, -0.25) is 14.9 Å². The first-order valence-corrected chi connectivity index (χ1v) is 9.30. The van der Waals surface area contributed by atoms with Gasteiger partial charge in [-0.25, -0.2) is 0 Å². The molecule has 0 saturated heterocycles. The molecule has 0 spiro atoms. The number of hydrogen-bond acceptors (Lipinski definition) is 4. The van der Waals surface area contributed by atoms with Gasteiger partial charge in [0.05, 0.1) is 28.0 Å². The number of fused-ring (bicyclic) bond motifs is 1. The molecule has 0 aliphatic heterocycles. The molecule has 138 valence electrons. The van der Waals surface area contributed by atoms with E-state index in [1.54, 1.807) is 19.2 Å². The molecule has 0 bridgehead atoms. The summed E-state index contributed by atoms with van der Waals surface area (Å²) >= 11 is 1.48. The molecular formula is C22H18N4OS. The van der Waals surface area contributed by atoms with Crippen molar-refractivity contribution in [3.8, 4) is 0 Å². The molecule has 4 aromatic rings. The topological polar surface area (TPSA) is 70.7 Å². The Hall–Kier alpha value is -3.38. The van der Waals surface area contributed by atoms with Crippen LogP contribution in [0.25, 0.3) is 23.1 Å². The lowest BCUT2D eigenvalue weighted by Gasteiger charge is -2.08. The minimum atomic E-state index is -0.361. The van der Waals surface area contributed by atoms with E-state index in [1.165, 1.54) is 17.8 Å². The Morgan fingerprint density at radius 1 is 1.21 bits per heavy atom. The molecule has 0 fully saturated rings. The van der Waals surface area contributed by atoms with E-state index in [9.17, 15) is 4.79 Å². The van der Waals surface area contributed by atoms with Crippen LogP contribution in [-0.4, -0.2) is 28.1 Å². The molecule has 0 unspecified atom stereocenters. The van der Waals surface area contributed by atoms with Crippen LogP contribution in [-0.2, 0) is 0 Å². The van der Waals surface area contributed by atoms with Crippen LogP contribution >= 0.6 is 11.8 Å². The van der Waals surface area contributed by atoms with Crippen molar-refractivity contribution in [3.63, 3.8) is 0 Å². The number of nitrogens with zero attached hydrogens (tertiary/aromatic N) is 2. The number of aromatic amines is 1. The smallest absolute Gasteiger partial charge is 0.252 e. The summed E-state index contributed by atoms with van der Waals surface area (Å²) in [7, 11) is 1.60. The fourth-order valence-corrected chi connectivity index (χ4v) is 3.68. The van der Waals surface area contributed by atoms with E-state index in [1.807, 2.05) is 36.4 Å². The van der Waals surface area contributed by atoms with Crippen molar-refractivity contribution in [1.82, 2.24) is 20.5 Å². The minimum absolute atomic E-state index is 0.143. The minimum Gasteiger partial charge on any atom is -0.355 e. The van der Waals surface area contributed by atoms with Crippen LogP contribution in [0.3, 0.4) is 0 Å². The van der Waals surface area contributed by atoms with Gasteiger partial charge in [-0.05, 0) is 54.6 Å². The third-order valence-corrected chi connectivity index (χ3v) is 5.10. The lowest BCUT2D eigenvalue weighted by Crippen LogP contribution is -2.18. The van der Waals surface area contributed by atoms with Crippen LogP contribution in [0.2, 0.25) is 0 Å². The van der Waals surface area contributed by atoms with Crippen molar-refractivity contribution in [2.75, 3.05) is 7.05 Å². The second-order valence-electron chi connectivity index (χ2n) is 5.81. The van der Waals surface area contributed by atoms with Gasteiger partial charge in [-0.1, -0.05) is 29.9 Å². The number of H-pyrrole nitrogens is 1. The lowest BCUT2D eigenvalue weighted by atomic mass is 10.2. The van der Waals surface area contributed by atoms with Gasteiger partial charge < -0.3 is 5.32 Å². The number of carbonyl (C=O) groups is 1. The summed E-state index contributed by atoms with van der Waals surface area (Å²) in [6.45, 7) is 0. The average Bonchev–Trinajstić information content (AvgIpc) is 3.21. The third kappa shape index (κ3) is 3.82. The summed E-state index contributed by atoms with van der Waals surface area (Å²) in [5.74, 6) is -0.143. The molecule has 0 aliphatic rings. The van der Waals surface area contributed by atoms with Crippen LogP contribution in [0, 0.1) is 0 Å². The summed E-state index contributed by atoms with van der Waals surface area (Å²) in [6, 6.07) is 12.3. The number of rotatable bonds is 5. The van der Waals surface area contributed by atoms with Crippen molar-refractivity contribution in [1.29, 1.82) is 0 Å². The van der Waals surface area contributed by atoms with Gasteiger partial charge in [0.15, 0.2) is 0 Å². The number of amides is 1. The number of pyridine rings is 1. The summed E-state index contributed by atoms with van der Waals surface area (Å²) in [4.78, 5) is 17.8. The number of hydrogen-bond donors (Lipinski definition) is 2. The summed E-state index contributed by atoms with van der Waals surface area (Å²) in [5, 5.41) is 10.8. The zero-order valence-corrected chi connectivity index (χ0v) is 15.7. The highest BCUT2D eigenvalue weighted by molar-refractivity contribution is 7.99. The molecule has 0 radical (unpaired) electrons. The molecule has 2 aromatic heterocycles. The molecule has 4 rings (SSSR count). The number of benzene rings is 2.